The van der Waals surface area contributed by atoms with E-state index in [1.54, 1.807) is 18.2 Å². The standard InChI is InChI=1S/C26H32N4O2/c1-3-4-14-24-28-25(19-10-6-5-7-11-19)29-30(24)18(2)20-15-16-23(27-17-20)21-12-8-9-13-22(21)26(31)32/h8-9,12-13,15-19H,3-7,10-11,14H2,1-2H3,(H,31,32). The zero-order valence-electron chi connectivity index (χ0n) is 19.0. The molecule has 0 aliphatic heterocycles. The van der Waals surface area contributed by atoms with Gasteiger partial charge in [0.15, 0.2) is 5.82 Å². The van der Waals surface area contributed by atoms with Crippen molar-refractivity contribution in [3.63, 3.8) is 0 Å². The number of aromatic nitrogens is 4. The third kappa shape index (κ3) is 4.74. The predicted molar refractivity (Wildman–Crippen MR) is 125 cm³/mol. The molecule has 6 heteroatoms. The van der Waals surface area contributed by atoms with Crippen LogP contribution in [0.5, 0.6) is 0 Å². The predicted octanol–water partition coefficient (Wildman–Crippen LogP) is 6.04. The maximum absolute atomic E-state index is 11.6. The Morgan fingerprint density at radius 2 is 1.94 bits per heavy atom. The number of carbonyl (C=O) groups is 1. The third-order valence-corrected chi connectivity index (χ3v) is 6.51. The van der Waals surface area contributed by atoms with Gasteiger partial charge in [0, 0.05) is 24.1 Å². The SMILES string of the molecule is CCCCc1nc(C2CCCCC2)nn1C(C)c1ccc(-c2ccccc2C(=O)O)nc1. The highest BCUT2D eigenvalue weighted by Crippen LogP contribution is 2.32. The van der Waals surface area contributed by atoms with Crippen LogP contribution in [-0.2, 0) is 6.42 Å². The first kappa shape index (κ1) is 22.2. The van der Waals surface area contributed by atoms with Crippen LogP contribution in [0.1, 0.15) is 98.3 Å². The summed E-state index contributed by atoms with van der Waals surface area (Å²) < 4.78 is 2.08. The first-order valence-electron chi connectivity index (χ1n) is 11.8. The molecule has 1 aliphatic rings. The Hall–Kier alpha value is -3.02. The van der Waals surface area contributed by atoms with E-state index in [1.807, 2.05) is 24.4 Å². The van der Waals surface area contributed by atoms with Gasteiger partial charge in [-0.3, -0.25) is 4.98 Å². The van der Waals surface area contributed by atoms with E-state index in [2.05, 4.69) is 23.5 Å². The lowest BCUT2D eigenvalue weighted by Gasteiger charge is -2.18. The van der Waals surface area contributed by atoms with E-state index in [4.69, 9.17) is 10.1 Å². The van der Waals surface area contributed by atoms with Gasteiger partial charge in [0.2, 0.25) is 0 Å². The van der Waals surface area contributed by atoms with E-state index in [1.165, 1.54) is 32.1 Å². The Balaban J connectivity index is 1.61. The number of pyridine rings is 1. The molecule has 2 aromatic heterocycles. The van der Waals surface area contributed by atoms with Gasteiger partial charge in [0.05, 0.1) is 17.3 Å². The number of rotatable bonds is 8. The van der Waals surface area contributed by atoms with Crippen LogP contribution in [0.15, 0.2) is 42.6 Å². The fraction of sp³-hybridized carbons (Fsp3) is 0.462. The maximum atomic E-state index is 11.6. The van der Waals surface area contributed by atoms with Crippen LogP contribution in [0.4, 0.5) is 0 Å². The van der Waals surface area contributed by atoms with E-state index < -0.39 is 5.97 Å². The van der Waals surface area contributed by atoms with E-state index in [9.17, 15) is 9.90 Å². The number of aryl methyl sites for hydroxylation is 1. The highest BCUT2D eigenvalue weighted by molar-refractivity contribution is 5.95. The summed E-state index contributed by atoms with van der Waals surface area (Å²) in [6.07, 6.45) is 11.2. The second-order valence-corrected chi connectivity index (χ2v) is 8.77. The summed E-state index contributed by atoms with van der Waals surface area (Å²) in [5.41, 5.74) is 2.59. The molecule has 4 rings (SSSR count). The molecule has 0 bridgehead atoms. The summed E-state index contributed by atoms with van der Waals surface area (Å²) in [4.78, 5) is 21.1. The molecule has 6 nitrogen and oxygen atoms in total. The van der Waals surface area contributed by atoms with Crippen LogP contribution < -0.4 is 0 Å². The molecule has 1 N–H and O–H groups in total. The van der Waals surface area contributed by atoms with Crippen molar-refractivity contribution in [1.82, 2.24) is 19.7 Å². The Morgan fingerprint density at radius 1 is 1.16 bits per heavy atom. The molecular formula is C26H32N4O2. The number of hydrogen-bond donors (Lipinski definition) is 1. The Labute approximate surface area is 189 Å². The summed E-state index contributed by atoms with van der Waals surface area (Å²) in [5.74, 6) is 1.59. The topological polar surface area (TPSA) is 80.9 Å². The van der Waals surface area contributed by atoms with E-state index in [-0.39, 0.29) is 11.6 Å². The van der Waals surface area contributed by atoms with Gasteiger partial charge >= 0.3 is 5.97 Å². The molecule has 3 aromatic rings. The molecule has 168 valence electrons. The first-order chi connectivity index (χ1) is 15.6. The number of unbranched alkanes of at least 4 members (excludes halogenated alkanes) is 1. The summed E-state index contributed by atoms with van der Waals surface area (Å²) in [6.45, 7) is 4.33. The minimum atomic E-state index is -0.946. The largest absolute Gasteiger partial charge is 0.478 e. The van der Waals surface area contributed by atoms with Crippen LogP contribution in [0.3, 0.4) is 0 Å². The van der Waals surface area contributed by atoms with Gasteiger partial charge in [0.1, 0.15) is 5.82 Å². The zero-order valence-corrected chi connectivity index (χ0v) is 19.0. The number of hydrogen-bond acceptors (Lipinski definition) is 4. The highest BCUT2D eigenvalue weighted by Gasteiger charge is 2.24. The number of carboxylic acids is 1. The van der Waals surface area contributed by atoms with Crippen LogP contribution in [0, 0.1) is 0 Å². The average Bonchev–Trinajstić information content (AvgIpc) is 3.27. The van der Waals surface area contributed by atoms with Crippen molar-refractivity contribution < 1.29 is 9.90 Å². The summed E-state index contributed by atoms with van der Waals surface area (Å²) in [5, 5.41) is 14.5. The molecule has 0 spiro atoms. The fourth-order valence-electron chi connectivity index (χ4n) is 4.57. The van der Waals surface area contributed by atoms with Gasteiger partial charge in [-0.05, 0) is 43.9 Å². The van der Waals surface area contributed by atoms with Crippen molar-refractivity contribution in [3.05, 3.63) is 65.4 Å². The number of carboxylic acid groups (broad SMARTS) is 1. The lowest BCUT2D eigenvalue weighted by atomic mass is 9.89. The number of aromatic carboxylic acids is 1. The monoisotopic (exact) mass is 432 g/mol. The molecule has 1 atom stereocenters. The molecule has 0 saturated heterocycles. The van der Waals surface area contributed by atoms with Crippen LogP contribution in [0.25, 0.3) is 11.3 Å². The average molecular weight is 433 g/mol. The van der Waals surface area contributed by atoms with Crippen molar-refractivity contribution >= 4 is 5.97 Å². The molecular weight excluding hydrogens is 400 g/mol. The van der Waals surface area contributed by atoms with E-state index in [0.717, 1.165) is 36.5 Å². The molecule has 2 heterocycles. The van der Waals surface area contributed by atoms with Crippen molar-refractivity contribution in [2.24, 2.45) is 0 Å². The van der Waals surface area contributed by atoms with Gasteiger partial charge in [-0.25, -0.2) is 14.5 Å². The molecule has 32 heavy (non-hydrogen) atoms. The van der Waals surface area contributed by atoms with Crippen LogP contribution in [-0.4, -0.2) is 30.8 Å². The van der Waals surface area contributed by atoms with Crippen LogP contribution >= 0.6 is 0 Å². The van der Waals surface area contributed by atoms with Gasteiger partial charge in [-0.2, -0.15) is 5.10 Å². The van der Waals surface area contributed by atoms with Gasteiger partial charge in [0.25, 0.3) is 0 Å². The van der Waals surface area contributed by atoms with Gasteiger partial charge < -0.3 is 5.11 Å². The van der Waals surface area contributed by atoms with Gasteiger partial charge in [-0.1, -0.05) is 56.9 Å². The fourth-order valence-corrected chi connectivity index (χ4v) is 4.57. The zero-order chi connectivity index (χ0) is 22.5. The van der Waals surface area contributed by atoms with Gasteiger partial charge in [-0.15, -0.1) is 0 Å². The molecule has 0 amide bonds. The van der Waals surface area contributed by atoms with E-state index >= 15 is 0 Å². The number of nitrogens with zero attached hydrogens (tertiary/aromatic N) is 4. The lowest BCUT2D eigenvalue weighted by molar-refractivity contribution is 0.0697. The second-order valence-electron chi connectivity index (χ2n) is 8.77. The van der Waals surface area contributed by atoms with Crippen LogP contribution in [0.2, 0.25) is 0 Å². The number of benzene rings is 1. The van der Waals surface area contributed by atoms with Crippen molar-refractivity contribution in [2.45, 2.75) is 77.2 Å². The minimum absolute atomic E-state index is 0.0166. The minimum Gasteiger partial charge on any atom is -0.478 e. The Bertz CT molecular complexity index is 1050. The molecule has 1 fully saturated rings. The maximum Gasteiger partial charge on any atom is 0.336 e. The van der Waals surface area contributed by atoms with Crippen molar-refractivity contribution in [1.29, 1.82) is 0 Å². The van der Waals surface area contributed by atoms with E-state index in [0.29, 0.717) is 17.2 Å². The molecule has 1 saturated carbocycles. The molecule has 1 aromatic carbocycles. The highest BCUT2D eigenvalue weighted by atomic mass is 16.4. The molecule has 1 aliphatic carbocycles. The Kier molecular flexibility index (Phi) is 6.98. The smallest absolute Gasteiger partial charge is 0.336 e. The molecule has 1 unspecified atom stereocenters. The first-order valence-corrected chi connectivity index (χ1v) is 11.8. The second kappa shape index (κ2) is 10.1. The van der Waals surface area contributed by atoms with Crippen molar-refractivity contribution in [3.8, 4) is 11.3 Å². The molecule has 0 radical (unpaired) electrons. The third-order valence-electron chi connectivity index (χ3n) is 6.51. The lowest BCUT2D eigenvalue weighted by Crippen LogP contribution is -2.13. The summed E-state index contributed by atoms with van der Waals surface area (Å²) in [6, 6.07) is 10.9. The van der Waals surface area contributed by atoms with Crippen molar-refractivity contribution in [2.75, 3.05) is 0 Å². The Morgan fingerprint density at radius 3 is 2.62 bits per heavy atom. The normalized spacial score (nSPS) is 15.6. The summed E-state index contributed by atoms with van der Waals surface area (Å²) in [7, 11) is 0. The quantitative estimate of drug-likeness (QED) is 0.469. The summed E-state index contributed by atoms with van der Waals surface area (Å²) >= 11 is 0.